The number of halogens is 1. The average molecular weight is 592 g/mol. The highest BCUT2D eigenvalue weighted by Gasteiger charge is 2.32. The van der Waals surface area contributed by atoms with Gasteiger partial charge in [0.1, 0.15) is 11.8 Å². The summed E-state index contributed by atoms with van der Waals surface area (Å²) in [6.07, 6.45) is 4.63. The Morgan fingerprint density at radius 2 is 1.62 bits per heavy atom. The topological polar surface area (TPSA) is 58.6 Å². The molecule has 1 saturated carbocycles. The van der Waals surface area contributed by atoms with E-state index in [1.165, 1.54) is 0 Å². The van der Waals surface area contributed by atoms with Crippen LogP contribution in [0.15, 0.2) is 83.3 Å². The minimum absolute atomic E-state index is 0.107. The molecule has 0 saturated heterocycles. The van der Waals surface area contributed by atoms with Gasteiger partial charge in [0, 0.05) is 23.5 Å². The highest BCUT2D eigenvalue weighted by Crippen LogP contribution is 2.31. The number of para-hydroxylation sites is 1. The first-order valence-corrected chi connectivity index (χ1v) is 14.6. The van der Waals surface area contributed by atoms with Crippen LogP contribution in [0.1, 0.15) is 63.1 Å². The SMILES string of the molecule is CC(C)(C)c1ccccc1OCC(=O)N(Cc1cccc(Br)c1)[C@@H](Cc1ccccc1)C(=O)NC1CCCC1. The van der Waals surface area contributed by atoms with E-state index in [1.54, 1.807) is 4.90 Å². The van der Waals surface area contributed by atoms with Gasteiger partial charge in [0.2, 0.25) is 5.91 Å². The van der Waals surface area contributed by atoms with Gasteiger partial charge in [-0.1, -0.05) is 110 Å². The fourth-order valence-electron chi connectivity index (χ4n) is 5.19. The van der Waals surface area contributed by atoms with Gasteiger partial charge in [-0.2, -0.15) is 0 Å². The normalized spacial score (nSPS) is 14.6. The van der Waals surface area contributed by atoms with Crippen LogP contribution in [0.4, 0.5) is 0 Å². The second-order valence-corrected chi connectivity index (χ2v) is 12.3. The molecule has 0 aliphatic heterocycles. The van der Waals surface area contributed by atoms with Gasteiger partial charge in [-0.05, 0) is 53.1 Å². The Morgan fingerprint density at radius 1 is 0.949 bits per heavy atom. The fraction of sp³-hybridized carbons (Fsp3) is 0.394. The molecule has 1 aliphatic carbocycles. The van der Waals surface area contributed by atoms with Crippen LogP contribution < -0.4 is 10.1 Å². The van der Waals surface area contributed by atoms with Crippen LogP contribution in [0.5, 0.6) is 5.75 Å². The summed E-state index contributed by atoms with van der Waals surface area (Å²) < 4.78 is 7.08. The van der Waals surface area contributed by atoms with Crippen molar-refractivity contribution < 1.29 is 14.3 Å². The van der Waals surface area contributed by atoms with Gasteiger partial charge in [-0.25, -0.2) is 0 Å². The van der Waals surface area contributed by atoms with Crippen molar-refractivity contribution in [2.24, 2.45) is 0 Å². The fourth-order valence-corrected chi connectivity index (χ4v) is 5.63. The molecule has 0 aromatic heterocycles. The highest BCUT2D eigenvalue weighted by molar-refractivity contribution is 9.10. The number of carbonyl (C=O) groups excluding carboxylic acids is 2. The largest absolute Gasteiger partial charge is 0.483 e. The van der Waals surface area contributed by atoms with Crippen LogP contribution in [0.25, 0.3) is 0 Å². The van der Waals surface area contributed by atoms with Crippen LogP contribution in [-0.4, -0.2) is 35.4 Å². The molecular weight excluding hydrogens is 552 g/mol. The third-order valence-electron chi connectivity index (χ3n) is 7.26. The van der Waals surface area contributed by atoms with Crippen molar-refractivity contribution in [3.05, 3.63) is 100 Å². The number of amides is 2. The quantitative estimate of drug-likeness (QED) is 0.282. The second kappa shape index (κ2) is 13.3. The molecule has 1 fully saturated rings. The van der Waals surface area contributed by atoms with Gasteiger partial charge < -0.3 is 15.0 Å². The zero-order valence-electron chi connectivity index (χ0n) is 23.2. The molecule has 1 aliphatic rings. The Balaban J connectivity index is 1.64. The molecule has 6 heteroatoms. The first-order valence-electron chi connectivity index (χ1n) is 13.8. The average Bonchev–Trinajstić information content (AvgIpc) is 3.42. The molecule has 39 heavy (non-hydrogen) atoms. The first-order chi connectivity index (χ1) is 18.7. The third-order valence-corrected chi connectivity index (χ3v) is 7.75. The minimum atomic E-state index is -0.666. The smallest absolute Gasteiger partial charge is 0.261 e. The monoisotopic (exact) mass is 590 g/mol. The van der Waals surface area contributed by atoms with Gasteiger partial charge in [0.15, 0.2) is 6.61 Å². The van der Waals surface area contributed by atoms with Crippen LogP contribution >= 0.6 is 15.9 Å². The van der Waals surface area contributed by atoms with E-state index in [1.807, 2.05) is 78.9 Å². The van der Waals surface area contributed by atoms with Crippen molar-refractivity contribution in [1.82, 2.24) is 10.2 Å². The van der Waals surface area contributed by atoms with E-state index in [4.69, 9.17) is 4.74 Å². The number of nitrogens with one attached hydrogen (secondary N) is 1. The zero-order valence-corrected chi connectivity index (χ0v) is 24.7. The summed E-state index contributed by atoms with van der Waals surface area (Å²) >= 11 is 3.55. The van der Waals surface area contributed by atoms with E-state index in [9.17, 15) is 9.59 Å². The van der Waals surface area contributed by atoms with Crippen LogP contribution in [0.2, 0.25) is 0 Å². The predicted molar refractivity (Wildman–Crippen MR) is 160 cm³/mol. The van der Waals surface area contributed by atoms with Crippen molar-refractivity contribution in [3.8, 4) is 5.75 Å². The van der Waals surface area contributed by atoms with Gasteiger partial charge in [0.05, 0.1) is 0 Å². The van der Waals surface area contributed by atoms with E-state index in [0.717, 1.165) is 46.8 Å². The summed E-state index contributed by atoms with van der Waals surface area (Å²) in [5.74, 6) is 0.362. The predicted octanol–water partition coefficient (Wildman–Crippen LogP) is 6.82. The first kappa shape index (κ1) is 28.9. The highest BCUT2D eigenvalue weighted by atomic mass is 79.9. The molecule has 2 amide bonds. The van der Waals surface area contributed by atoms with Gasteiger partial charge in [0.25, 0.3) is 5.91 Å². The van der Waals surface area contributed by atoms with E-state index >= 15 is 0 Å². The standard InChI is InChI=1S/C33H39BrN2O3/c1-33(2,3)28-18-9-10-19-30(28)39-23-31(37)36(22-25-14-11-15-26(34)20-25)29(21-24-12-5-4-6-13-24)32(38)35-27-16-7-8-17-27/h4-6,9-15,18-20,27,29H,7-8,16-17,21-23H2,1-3H3,(H,35,38)/t29-/m0/s1. The molecule has 0 bridgehead atoms. The molecule has 1 atom stereocenters. The molecule has 4 rings (SSSR count). The number of carbonyl (C=O) groups is 2. The molecular formula is C33H39BrN2O3. The summed E-state index contributed by atoms with van der Waals surface area (Å²) in [6, 6.07) is 25.1. The molecule has 0 heterocycles. The Kier molecular flexibility index (Phi) is 9.84. The Labute approximate surface area is 241 Å². The molecule has 1 N–H and O–H groups in total. The van der Waals surface area contributed by atoms with Gasteiger partial charge >= 0.3 is 0 Å². The lowest BCUT2D eigenvalue weighted by Gasteiger charge is -2.32. The lowest BCUT2D eigenvalue weighted by Crippen LogP contribution is -2.53. The van der Waals surface area contributed by atoms with E-state index in [2.05, 4.69) is 42.0 Å². The van der Waals surface area contributed by atoms with Crippen molar-refractivity contribution in [1.29, 1.82) is 0 Å². The van der Waals surface area contributed by atoms with Crippen molar-refractivity contribution in [2.75, 3.05) is 6.61 Å². The van der Waals surface area contributed by atoms with Crippen LogP contribution in [-0.2, 0) is 28.0 Å². The second-order valence-electron chi connectivity index (χ2n) is 11.4. The van der Waals surface area contributed by atoms with Crippen LogP contribution in [0.3, 0.4) is 0 Å². The van der Waals surface area contributed by atoms with Crippen molar-refractivity contribution >= 4 is 27.7 Å². The number of nitrogens with zero attached hydrogens (tertiary/aromatic N) is 1. The Bertz CT molecular complexity index is 1250. The van der Waals surface area contributed by atoms with E-state index in [0.29, 0.717) is 18.7 Å². The summed E-state index contributed by atoms with van der Waals surface area (Å²) in [4.78, 5) is 29.5. The summed E-state index contributed by atoms with van der Waals surface area (Å²) in [5.41, 5.74) is 2.86. The molecule has 206 valence electrons. The number of rotatable bonds is 10. The number of hydrogen-bond acceptors (Lipinski definition) is 3. The van der Waals surface area contributed by atoms with Crippen LogP contribution in [0, 0.1) is 0 Å². The maximum atomic E-state index is 13.9. The molecule has 5 nitrogen and oxygen atoms in total. The maximum Gasteiger partial charge on any atom is 0.261 e. The Morgan fingerprint density at radius 3 is 2.31 bits per heavy atom. The Hall–Kier alpha value is -3.12. The molecule has 0 unspecified atom stereocenters. The lowest BCUT2D eigenvalue weighted by molar-refractivity contribution is -0.143. The van der Waals surface area contributed by atoms with Gasteiger partial charge in [-0.15, -0.1) is 0 Å². The number of hydrogen-bond donors (Lipinski definition) is 1. The summed E-state index contributed by atoms with van der Waals surface area (Å²) in [7, 11) is 0. The van der Waals surface area contributed by atoms with Gasteiger partial charge in [-0.3, -0.25) is 9.59 Å². The third kappa shape index (κ3) is 8.18. The maximum absolute atomic E-state index is 13.9. The number of benzene rings is 3. The minimum Gasteiger partial charge on any atom is -0.483 e. The van der Waals surface area contributed by atoms with E-state index < -0.39 is 6.04 Å². The summed E-state index contributed by atoms with van der Waals surface area (Å²) in [6.45, 7) is 6.53. The molecule has 3 aromatic rings. The van der Waals surface area contributed by atoms with E-state index in [-0.39, 0.29) is 29.9 Å². The van der Waals surface area contributed by atoms with Crippen molar-refractivity contribution in [2.45, 2.75) is 76.9 Å². The molecule has 0 radical (unpaired) electrons. The molecule has 3 aromatic carbocycles. The number of ether oxygens (including phenoxy) is 1. The molecule has 0 spiro atoms. The van der Waals surface area contributed by atoms with Crippen molar-refractivity contribution in [3.63, 3.8) is 0 Å². The zero-order chi connectivity index (χ0) is 27.8. The summed E-state index contributed by atoms with van der Waals surface area (Å²) in [5, 5.41) is 3.25. The lowest BCUT2D eigenvalue weighted by atomic mass is 9.86.